The van der Waals surface area contributed by atoms with Gasteiger partial charge in [-0.05, 0) is 24.8 Å². The second kappa shape index (κ2) is 5.85. The van der Waals surface area contributed by atoms with Crippen molar-refractivity contribution in [1.29, 1.82) is 0 Å². The van der Waals surface area contributed by atoms with Gasteiger partial charge in [0, 0.05) is 12.3 Å². The fourth-order valence-electron chi connectivity index (χ4n) is 1.51. The highest BCUT2D eigenvalue weighted by Crippen LogP contribution is 2.21. The third kappa shape index (κ3) is 10.2. The van der Waals surface area contributed by atoms with Crippen LogP contribution in [0.25, 0.3) is 0 Å². The molecule has 3 nitrogen and oxygen atoms in total. The summed E-state index contributed by atoms with van der Waals surface area (Å²) in [5.74, 6) is 0.247. The van der Waals surface area contributed by atoms with Gasteiger partial charge >= 0.3 is 0 Å². The Labute approximate surface area is 94.6 Å². The van der Waals surface area contributed by atoms with Gasteiger partial charge in [-0.25, -0.2) is 8.42 Å². The third-order valence-corrected chi connectivity index (χ3v) is 3.25. The Bertz CT molecular complexity index is 265. The largest absolute Gasteiger partial charge is 0.313 e. The van der Waals surface area contributed by atoms with Crippen LogP contribution in [0.2, 0.25) is 0 Å². The first-order valence-corrected chi connectivity index (χ1v) is 7.61. The average molecular weight is 235 g/mol. The van der Waals surface area contributed by atoms with Gasteiger partial charge in [0.15, 0.2) is 0 Å². The van der Waals surface area contributed by atoms with E-state index in [0.717, 1.165) is 19.4 Å². The molecule has 0 amide bonds. The van der Waals surface area contributed by atoms with Gasteiger partial charge in [-0.15, -0.1) is 0 Å². The number of hydrogen-bond acceptors (Lipinski definition) is 3. The van der Waals surface area contributed by atoms with Crippen LogP contribution in [0.5, 0.6) is 0 Å². The number of sulfone groups is 1. The van der Waals surface area contributed by atoms with Gasteiger partial charge in [-0.3, -0.25) is 0 Å². The summed E-state index contributed by atoms with van der Waals surface area (Å²) >= 11 is 0. The van der Waals surface area contributed by atoms with Crippen molar-refractivity contribution in [3.8, 4) is 0 Å². The maximum absolute atomic E-state index is 11.2. The standard InChI is InChI=1S/C11H25NO2S/c1-6-12-10(9-15(5,13)14)7-8-11(2,3)4/h10,12H,6-9H2,1-5H3. The van der Waals surface area contributed by atoms with Crippen LogP contribution in [0.4, 0.5) is 0 Å². The lowest BCUT2D eigenvalue weighted by molar-refractivity contribution is 0.338. The van der Waals surface area contributed by atoms with Gasteiger partial charge in [0.2, 0.25) is 0 Å². The third-order valence-electron chi connectivity index (χ3n) is 2.24. The van der Waals surface area contributed by atoms with E-state index in [-0.39, 0.29) is 17.2 Å². The van der Waals surface area contributed by atoms with Crippen molar-refractivity contribution in [2.24, 2.45) is 5.41 Å². The van der Waals surface area contributed by atoms with Crippen molar-refractivity contribution < 1.29 is 8.42 Å². The second-order valence-corrected chi connectivity index (χ2v) is 7.63. The van der Waals surface area contributed by atoms with Gasteiger partial charge < -0.3 is 5.32 Å². The van der Waals surface area contributed by atoms with E-state index in [1.807, 2.05) is 6.92 Å². The van der Waals surface area contributed by atoms with E-state index in [2.05, 4.69) is 26.1 Å². The molecule has 15 heavy (non-hydrogen) atoms. The summed E-state index contributed by atoms with van der Waals surface area (Å²) in [6.45, 7) is 9.36. The van der Waals surface area contributed by atoms with Crippen molar-refractivity contribution in [2.45, 2.75) is 46.6 Å². The van der Waals surface area contributed by atoms with Crippen LogP contribution in [0.3, 0.4) is 0 Å². The second-order valence-electron chi connectivity index (χ2n) is 5.45. The Morgan fingerprint density at radius 3 is 2.13 bits per heavy atom. The molecule has 1 atom stereocenters. The van der Waals surface area contributed by atoms with Crippen LogP contribution < -0.4 is 5.32 Å². The van der Waals surface area contributed by atoms with Crippen molar-refractivity contribution in [1.82, 2.24) is 5.32 Å². The summed E-state index contributed by atoms with van der Waals surface area (Å²) < 4.78 is 22.4. The highest BCUT2D eigenvalue weighted by molar-refractivity contribution is 7.90. The normalized spacial score (nSPS) is 15.3. The molecule has 0 aliphatic carbocycles. The predicted octanol–water partition coefficient (Wildman–Crippen LogP) is 1.84. The number of nitrogens with one attached hydrogen (secondary N) is 1. The summed E-state index contributed by atoms with van der Waals surface area (Å²) in [7, 11) is -2.88. The molecule has 0 heterocycles. The smallest absolute Gasteiger partial charge is 0.148 e. The summed E-state index contributed by atoms with van der Waals surface area (Å²) in [5, 5.41) is 3.23. The van der Waals surface area contributed by atoms with Crippen molar-refractivity contribution in [2.75, 3.05) is 18.6 Å². The predicted molar refractivity (Wildman–Crippen MR) is 65.9 cm³/mol. The molecule has 0 rings (SSSR count). The summed E-state index contributed by atoms with van der Waals surface area (Å²) in [6.07, 6.45) is 3.26. The fourth-order valence-corrected chi connectivity index (χ4v) is 2.52. The first-order chi connectivity index (χ1) is 6.64. The Hall–Kier alpha value is -0.0900. The zero-order chi connectivity index (χ0) is 12.1. The molecule has 0 saturated heterocycles. The molecule has 92 valence electrons. The Balaban J connectivity index is 4.17. The molecule has 0 aliphatic rings. The Morgan fingerprint density at radius 1 is 1.27 bits per heavy atom. The fraction of sp³-hybridized carbons (Fsp3) is 1.00. The van der Waals surface area contributed by atoms with E-state index in [1.165, 1.54) is 6.26 Å². The molecule has 0 fully saturated rings. The van der Waals surface area contributed by atoms with E-state index in [0.29, 0.717) is 0 Å². The van der Waals surface area contributed by atoms with Gasteiger partial charge in [0.1, 0.15) is 9.84 Å². The average Bonchev–Trinajstić information content (AvgIpc) is 1.96. The van der Waals surface area contributed by atoms with Gasteiger partial charge in [0.05, 0.1) is 5.75 Å². The minimum Gasteiger partial charge on any atom is -0.313 e. The van der Waals surface area contributed by atoms with Crippen LogP contribution in [0.1, 0.15) is 40.5 Å². The van der Waals surface area contributed by atoms with E-state index < -0.39 is 9.84 Å². The molecule has 0 radical (unpaired) electrons. The lowest BCUT2D eigenvalue weighted by Gasteiger charge is -2.23. The van der Waals surface area contributed by atoms with Crippen LogP contribution in [0, 0.1) is 5.41 Å². The van der Waals surface area contributed by atoms with Crippen molar-refractivity contribution in [3.05, 3.63) is 0 Å². The quantitative estimate of drug-likeness (QED) is 0.764. The highest BCUT2D eigenvalue weighted by atomic mass is 32.2. The Kier molecular flexibility index (Phi) is 5.81. The van der Waals surface area contributed by atoms with Crippen LogP contribution in [-0.4, -0.2) is 33.0 Å². The number of hydrogen-bond donors (Lipinski definition) is 1. The molecule has 0 aromatic carbocycles. The molecule has 0 aliphatic heterocycles. The first-order valence-electron chi connectivity index (χ1n) is 5.55. The maximum Gasteiger partial charge on any atom is 0.148 e. The molecule has 0 aromatic rings. The lowest BCUT2D eigenvalue weighted by atomic mass is 9.89. The van der Waals surface area contributed by atoms with Gasteiger partial charge in [-0.2, -0.15) is 0 Å². The van der Waals surface area contributed by atoms with E-state index in [1.54, 1.807) is 0 Å². The zero-order valence-electron chi connectivity index (χ0n) is 10.6. The van der Waals surface area contributed by atoms with E-state index in [4.69, 9.17) is 0 Å². The summed E-state index contributed by atoms with van der Waals surface area (Å²) in [5.41, 5.74) is 0.269. The molecule has 1 unspecified atom stereocenters. The van der Waals surface area contributed by atoms with Crippen molar-refractivity contribution >= 4 is 9.84 Å². The molecular weight excluding hydrogens is 210 g/mol. The molecule has 4 heteroatoms. The van der Waals surface area contributed by atoms with Crippen LogP contribution in [-0.2, 0) is 9.84 Å². The molecule has 0 aromatic heterocycles. The monoisotopic (exact) mass is 235 g/mol. The number of rotatable bonds is 6. The molecular formula is C11H25NO2S. The zero-order valence-corrected chi connectivity index (χ0v) is 11.4. The van der Waals surface area contributed by atoms with E-state index >= 15 is 0 Å². The molecule has 0 saturated carbocycles. The van der Waals surface area contributed by atoms with Gasteiger partial charge in [-0.1, -0.05) is 27.7 Å². The minimum atomic E-state index is -2.88. The maximum atomic E-state index is 11.2. The van der Waals surface area contributed by atoms with Crippen LogP contribution in [0.15, 0.2) is 0 Å². The highest BCUT2D eigenvalue weighted by Gasteiger charge is 2.18. The Morgan fingerprint density at radius 2 is 1.80 bits per heavy atom. The SMILES string of the molecule is CCNC(CCC(C)(C)C)CS(C)(=O)=O. The van der Waals surface area contributed by atoms with Crippen LogP contribution >= 0.6 is 0 Å². The molecule has 1 N–H and O–H groups in total. The van der Waals surface area contributed by atoms with Crippen molar-refractivity contribution in [3.63, 3.8) is 0 Å². The molecule has 0 spiro atoms. The lowest BCUT2D eigenvalue weighted by Crippen LogP contribution is -2.36. The minimum absolute atomic E-state index is 0.101. The van der Waals surface area contributed by atoms with E-state index in [9.17, 15) is 8.42 Å². The summed E-state index contributed by atoms with van der Waals surface area (Å²) in [4.78, 5) is 0. The molecule has 0 bridgehead atoms. The topological polar surface area (TPSA) is 46.2 Å². The summed E-state index contributed by atoms with van der Waals surface area (Å²) in [6, 6.07) is 0.101. The van der Waals surface area contributed by atoms with Gasteiger partial charge in [0.25, 0.3) is 0 Å². The first kappa shape index (κ1) is 14.9.